The normalized spacial score (nSPS) is 12.2. The summed E-state index contributed by atoms with van der Waals surface area (Å²) in [5.41, 5.74) is 0. The van der Waals surface area contributed by atoms with Crippen molar-refractivity contribution in [3.05, 3.63) is 30.3 Å². The molecule has 1 atom stereocenters. The Bertz CT molecular complexity index is 401. The van der Waals surface area contributed by atoms with E-state index in [1.807, 2.05) is 44.2 Å². The van der Waals surface area contributed by atoms with E-state index in [9.17, 15) is 9.59 Å². The van der Waals surface area contributed by atoms with Crippen LogP contribution < -0.4 is 0 Å². The van der Waals surface area contributed by atoms with Gasteiger partial charge in [-0.05, 0) is 18.1 Å². The molecule has 1 aromatic rings. The smallest absolute Gasteiger partial charge is 0.316 e. The van der Waals surface area contributed by atoms with Crippen molar-refractivity contribution < 1.29 is 14.3 Å². The Morgan fingerprint density at radius 2 is 1.83 bits per heavy atom. The molecule has 0 N–H and O–H groups in total. The van der Waals surface area contributed by atoms with Crippen molar-refractivity contribution in [2.75, 3.05) is 12.9 Å². The van der Waals surface area contributed by atoms with Gasteiger partial charge in [0.25, 0.3) is 0 Å². The molecule has 0 saturated heterocycles. The van der Waals surface area contributed by atoms with Gasteiger partial charge in [-0.25, -0.2) is 0 Å². The zero-order chi connectivity index (χ0) is 13.5. The molecule has 0 fully saturated rings. The largest absolute Gasteiger partial charge is 0.468 e. The molecule has 0 aliphatic carbocycles. The maximum atomic E-state index is 12.0. The summed E-state index contributed by atoms with van der Waals surface area (Å²) in [6.07, 6.45) is 0. The number of carbonyl (C=O) groups is 2. The topological polar surface area (TPSA) is 43.4 Å². The van der Waals surface area contributed by atoms with E-state index in [0.29, 0.717) is 5.75 Å². The summed E-state index contributed by atoms with van der Waals surface area (Å²) >= 11 is 1.44. The molecule has 0 radical (unpaired) electrons. The average molecular weight is 266 g/mol. The van der Waals surface area contributed by atoms with Crippen molar-refractivity contribution in [1.29, 1.82) is 0 Å². The molecule has 3 nitrogen and oxygen atoms in total. The molecule has 1 aromatic carbocycles. The molecule has 1 unspecified atom stereocenters. The zero-order valence-electron chi connectivity index (χ0n) is 10.9. The highest BCUT2D eigenvalue weighted by Crippen LogP contribution is 2.21. The van der Waals surface area contributed by atoms with Crippen molar-refractivity contribution in [3.8, 4) is 0 Å². The number of rotatable bonds is 6. The van der Waals surface area contributed by atoms with Gasteiger partial charge in [0.15, 0.2) is 5.78 Å². The monoisotopic (exact) mass is 266 g/mol. The van der Waals surface area contributed by atoms with Gasteiger partial charge < -0.3 is 4.74 Å². The van der Waals surface area contributed by atoms with Gasteiger partial charge in [0.05, 0.1) is 12.9 Å². The quantitative estimate of drug-likeness (QED) is 0.451. The Hall–Kier alpha value is -1.29. The first-order valence-electron chi connectivity index (χ1n) is 5.84. The molecule has 0 heterocycles. The molecule has 0 aliphatic rings. The number of carbonyl (C=O) groups excluding carboxylic acids is 2. The van der Waals surface area contributed by atoms with E-state index in [1.165, 1.54) is 18.9 Å². The molecule has 0 bridgehead atoms. The van der Waals surface area contributed by atoms with Crippen LogP contribution in [0.2, 0.25) is 0 Å². The van der Waals surface area contributed by atoms with Gasteiger partial charge in [-0.2, -0.15) is 0 Å². The van der Waals surface area contributed by atoms with Crippen molar-refractivity contribution in [2.45, 2.75) is 18.7 Å². The summed E-state index contributed by atoms with van der Waals surface area (Å²) in [4.78, 5) is 24.6. The lowest BCUT2D eigenvalue weighted by molar-refractivity contribution is -0.150. The second-order valence-corrected chi connectivity index (χ2v) is 5.36. The SMILES string of the molecule is COC(=O)C(C(=O)CSc1ccccc1)C(C)C. The Morgan fingerprint density at radius 3 is 2.33 bits per heavy atom. The van der Waals surface area contributed by atoms with Crippen LogP contribution in [0.15, 0.2) is 35.2 Å². The molecule has 0 spiro atoms. The van der Waals surface area contributed by atoms with E-state index in [-0.39, 0.29) is 11.7 Å². The van der Waals surface area contributed by atoms with Gasteiger partial charge in [-0.3, -0.25) is 9.59 Å². The number of esters is 1. The molecular formula is C14H18O3S. The lowest BCUT2D eigenvalue weighted by Crippen LogP contribution is -2.31. The number of hydrogen-bond donors (Lipinski definition) is 0. The summed E-state index contributed by atoms with van der Waals surface area (Å²) in [6.45, 7) is 3.71. The van der Waals surface area contributed by atoms with Gasteiger partial charge in [-0.15, -0.1) is 11.8 Å². The maximum Gasteiger partial charge on any atom is 0.316 e. The number of methoxy groups -OCH3 is 1. The van der Waals surface area contributed by atoms with Crippen LogP contribution in [0.5, 0.6) is 0 Å². The Morgan fingerprint density at radius 1 is 1.22 bits per heavy atom. The van der Waals surface area contributed by atoms with E-state index in [0.717, 1.165) is 4.90 Å². The van der Waals surface area contributed by atoms with Gasteiger partial charge in [-0.1, -0.05) is 32.0 Å². The highest BCUT2D eigenvalue weighted by Gasteiger charge is 2.30. The third kappa shape index (κ3) is 4.18. The van der Waals surface area contributed by atoms with E-state index in [1.54, 1.807) is 0 Å². The Balaban J connectivity index is 2.60. The van der Waals surface area contributed by atoms with Crippen molar-refractivity contribution >= 4 is 23.5 Å². The van der Waals surface area contributed by atoms with Crippen LogP contribution in [-0.2, 0) is 14.3 Å². The predicted octanol–water partition coefficient (Wildman–Crippen LogP) is 2.79. The van der Waals surface area contributed by atoms with Crippen molar-refractivity contribution in [1.82, 2.24) is 0 Å². The van der Waals surface area contributed by atoms with Gasteiger partial charge in [0.2, 0.25) is 0 Å². The standard InChI is InChI=1S/C14H18O3S/c1-10(2)13(14(16)17-3)12(15)9-18-11-7-5-4-6-8-11/h4-8,10,13H,9H2,1-3H3. The van der Waals surface area contributed by atoms with Crippen LogP contribution in [0.1, 0.15) is 13.8 Å². The van der Waals surface area contributed by atoms with E-state index >= 15 is 0 Å². The number of benzene rings is 1. The average Bonchev–Trinajstić information content (AvgIpc) is 2.37. The molecule has 0 amide bonds. The van der Waals surface area contributed by atoms with Gasteiger partial charge >= 0.3 is 5.97 Å². The second-order valence-electron chi connectivity index (χ2n) is 4.31. The number of ether oxygens (including phenoxy) is 1. The summed E-state index contributed by atoms with van der Waals surface area (Å²) in [5.74, 6) is -0.927. The number of thioether (sulfide) groups is 1. The number of ketones is 1. The van der Waals surface area contributed by atoms with Crippen LogP contribution in [0, 0.1) is 11.8 Å². The minimum absolute atomic E-state index is 0.0404. The first-order chi connectivity index (χ1) is 8.56. The minimum Gasteiger partial charge on any atom is -0.468 e. The molecular weight excluding hydrogens is 248 g/mol. The summed E-state index contributed by atoms with van der Waals surface area (Å²) in [7, 11) is 1.31. The van der Waals surface area contributed by atoms with Crippen LogP contribution in [0.4, 0.5) is 0 Å². The molecule has 98 valence electrons. The first kappa shape index (κ1) is 14.8. The zero-order valence-corrected chi connectivity index (χ0v) is 11.7. The third-order valence-corrected chi connectivity index (χ3v) is 3.63. The highest BCUT2D eigenvalue weighted by atomic mass is 32.2. The molecule has 0 saturated carbocycles. The summed E-state index contributed by atoms with van der Waals surface area (Å²) in [6, 6.07) is 9.66. The number of hydrogen-bond acceptors (Lipinski definition) is 4. The molecule has 4 heteroatoms. The van der Waals surface area contributed by atoms with Gasteiger partial charge in [0.1, 0.15) is 5.92 Å². The van der Waals surface area contributed by atoms with Crippen LogP contribution >= 0.6 is 11.8 Å². The molecule has 18 heavy (non-hydrogen) atoms. The first-order valence-corrected chi connectivity index (χ1v) is 6.83. The Kier molecular flexibility index (Phi) is 5.92. The van der Waals surface area contributed by atoms with E-state index in [4.69, 9.17) is 0 Å². The minimum atomic E-state index is -0.661. The Labute approximate surface area is 112 Å². The molecule has 0 aliphatic heterocycles. The number of Topliss-reactive ketones (excluding diaryl/α,β-unsaturated/α-hetero) is 1. The maximum absolute atomic E-state index is 12.0. The summed E-state index contributed by atoms with van der Waals surface area (Å²) in [5, 5.41) is 0. The van der Waals surface area contributed by atoms with E-state index < -0.39 is 11.9 Å². The lowest BCUT2D eigenvalue weighted by atomic mass is 9.92. The molecule has 1 rings (SSSR count). The van der Waals surface area contributed by atoms with Gasteiger partial charge in [0, 0.05) is 4.90 Å². The molecule has 0 aromatic heterocycles. The van der Waals surface area contributed by atoms with E-state index in [2.05, 4.69) is 4.74 Å². The lowest BCUT2D eigenvalue weighted by Gasteiger charge is -2.16. The third-order valence-electron chi connectivity index (χ3n) is 2.59. The van der Waals surface area contributed by atoms with Crippen molar-refractivity contribution in [2.24, 2.45) is 11.8 Å². The fraction of sp³-hybridized carbons (Fsp3) is 0.429. The van der Waals surface area contributed by atoms with Crippen molar-refractivity contribution in [3.63, 3.8) is 0 Å². The second kappa shape index (κ2) is 7.21. The summed E-state index contributed by atoms with van der Waals surface area (Å²) < 4.78 is 4.68. The predicted molar refractivity (Wildman–Crippen MR) is 72.5 cm³/mol. The highest BCUT2D eigenvalue weighted by molar-refractivity contribution is 8.00. The van der Waals surface area contributed by atoms with Crippen LogP contribution in [0.3, 0.4) is 0 Å². The fourth-order valence-corrected chi connectivity index (χ4v) is 2.50. The van der Waals surface area contributed by atoms with Crippen LogP contribution in [0.25, 0.3) is 0 Å². The van der Waals surface area contributed by atoms with Crippen LogP contribution in [-0.4, -0.2) is 24.6 Å². The fourth-order valence-electron chi connectivity index (χ4n) is 1.66.